The van der Waals surface area contributed by atoms with Gasteiger partial charge < -0.3 is 4.74 Å². The second-order valence-corrected chi connectivity index (χ2v) is 7.46. The second kappa shape index (κ2) is 7.84. The van der Waals surface area contributed by atoms with E-state index in [4.69, 9.17) is 4.74 Å². The number of thioether (sulfide) groups is 1. The van der Waals surface area contributed by atoms with E-state index in [0.717, 1.165) is 17.0 Å². The molecule has 3 rings (SSSR count). The molecule has 2 aromatic rings. The molecule has 0 radical (unpaired) electrons. The first-order valence-corrected chi connectivity index (χ1v) is 10.2. The zero-order chi connectivity index (χ0) is 19.7. The minimum Gasteiger partial charge on any atom is -0.382 e. The zero-order valence-corrected chi connectivity index (χ0v) is 16.1. The Morgan fingerprint density at radius 1 is 0.963 bits per heavy atom. The molecule has 146 valence electrons. The molecule has 0 fully saturated rings. The van der Waals surface area contributed by atoms with Gasteiger partial charge in [-0.05, 0) is 49.3 Å². The standard InChI is InChI=1S/C21H22F4OS/c1-3-26-12-6-8-15-16-7-4-5-9-18(16)20(22,23)21(24,25)19-11-10-14(27-2)13-17(15)19/h4-5,7,9-11,13,15H,3,6,8,12H2,1-2H3. The molecule has 1 atom stereocenters. The van der Waals surface area contributed by atoms with E-state index in [9.17, 15) is 17.6 Å². The van der Waals surface area contributed by atoms with Crippen molar-refractivity contribution in [2.24, 2.45) is 0 Å². The Morgan fingerprint density at radius 3 is 2.30 bits per heavy atom. The van der Waals surface area contributed by atoms with Crippen LogP contribution < -0.4 is 0 Å². The van der Waals surface area contributed by atoms with Gasteiger partial charge in [0.05, 0.1) is 0 Å². The van der Waals surface area contributed by atoms with Gasteiger partial charge in [0, 0.05) is 35.2 Å². The van der Waals surface area contributed by atoms with Crippen LogP contribution in [0.1, 0.15) is 47.9 Å². The SMILES string of the molecule is CCOCCCC1c2ccccc2C(F)(F)C(F)(F)c2ccc(SC)cc21. The summed E-state index contributed by atoms with van der Waals surface area (Å²) in [6.45, 7) is 2.91. The van der Waals surface area contributed by atoms with Crippen molar-refractivity contribution < 1.29 is 22.3 Å². The minimum absolute atomic E-state index is 0.274. The second-order valence-electron chi connectivity index (χ2n) is 6.58. The van der Waals surface area contributed by atoms with Gasteiger partial charge in [-0.15, -0.1) is 11.8 Å². The maximum Gasteiger partial charge on any atom is 0.340 e. The molecule has 1 unspecified atom stereocenters. The first-order valence-electron chi connectivity index (χ1n) is 8.95. The van der Waals surface area contributed by atoms with Crippen LogP contribution >= 0.6 is 11.8 Å². The number of alkyl halides is 4. The van der Waals surface area contributed by atoms with Gasteiger partial charge >= 0.3 is 11.8 Å². The summed E-state index contributed by atoms with van der Waals surface area (Å²) in [6, 6.07) is 9.98. The number of fused-ring (bicyclic) bond motifs is 2. The van der Waals surface area contributed by atoms with Gasteiger partial charge in [-0.2, -0.15) is 17.6 Å². The molecule has 27 heavy (non-hydrogen) atoms. The summed E-state index contributed by atoms with van der Waals surface area (Å²) in [5, 5.41) is 0. The molecule has 0 aliphatic heterocycles. The molecule has 0 amide bonds. The molecule has 2 aromatic carbocycles. The maximum atomic E-state index is 15.0. The van der Waals surface area contributed by atoms with E-state index in [2.05, 4.69) is 0 Å². The van der Waals surface area contributed by atoms with Crippen molar-refractivity contribution in [2.75, 3.05) is 19.5 Å². The highest BCUT2D eigenvalue weighted by Crippen LogP contribution is 2.56. The summed E-state index contributed by atoms with van der Waals surface area (Å²) in [6.07, 6.45) is 2.91. The highest BCUT2D eigenvalue weighted by Gasteiger charge is 2.62. The Balaban J connectivity index is 2.20. The first kappa shape index (κ1) is 20.2. The highest BCUT2D eigenvalue weighted by atomic mass is 32.2. The summed E-state index contributed by atoms with van der Waals surface area (Å²) >= 11 is 1.41. The molecule has 0 saturated carbocycles. The number of ether oxygens (including phenoxy) is 1. The fraction of sp³-hybridized carbons (Fsp3) is 0.429. The fourth-order valence-corrected chi connectivity index (χ4v) is 4.13. The maximum absolute atomic E-state index is 15.0. The molecule has 1 aliphatic rings. The number of hydrogen-bond donors (Lipinski definition) is 0. The van der Waals surface area contributed by atoms with Gasteiger partial charge in [-0.3, -0.25) is 0 Å². The van der Waals surface area contributed by atoms with E-state index in [-0.39, 0.29) is 11.1 Å². The van der Waals surface area contributed by atoms with Crippen molar-refractivity contribution in [1.29, 1.82) is 0 Å². The third kappa shape index (κ3) is 3.49. The molecule has 0 heterocycles. The predicted octanol–water partition coefficient (Wildman–Crippen LogP) is 6.55. The average molecular weight is 398 g/mol. The molecule has 0 bridgehead atoms. The van der Waals surface area contributed by atoms with Crippen molar-refractivity contribution in [2.45, 2.75) is 42.4 Å². The number of hydrogen-bond acceptors (Lipinski definition) is 2. The van der Waals surface area contributed by atoms with Crippen molar-refractivity contribution in [3.05, 3.63) is 64.7 Å². The van der Waals surface area contributed by atoms with Crippen LogP contribution in [0.15, 0.2) is 47.4 Å². The Morgan fingerprint density at radius 2 is 1.63 bits per heavy atom. The first-order chi connectivity index (χ1) is 12.8. The van der Waals surface area contributed by atoms with E-state index < -0.39 is 28.9 Å². The smallest absolute Gasteiger partial charge is 0.340 e. The van der Waals surface area contributed by atoms with Crippen molar-refractivity contribution in [1.82, 2.24) is 0 Å². The molecule has 0 saturated heterocycles. The van der Waals surface area contributed by atoms with Crippen LogP contribution in [0.25, 0.3) is 0 Å². The van der Waals surface area contributed by atoms with E-state index in [0.29, 0.717) is 26.1 Å². The predicted molar refractivity (Wildman–Crippen MR) is 100 cm³/mol. The number of halogens is 4. The third-order valence-corrected chi connectivity index (χ3v) is 5.75. The largest absolute Gasteiger partial charge is 0.382 e. The van der Waals surface area contributed by atoms with Crippen LogP contribution in [0.3, 0.4) is 0 Å². The van der Waals surface area contributed by atoms with Crippen LogP contribution in [-0.2, 0) is 16.6 Å². The van der Waals surface area contributed by atoms with Gasteiger partial charge in [-0.1, -0.05) is 30.3 Å². The Kier molecular flexibility index (Phi) is 5.87. The molecular weight excluding hydrogens is 376 g/mol. The molecule has 1 nitrogen and oxygen atoms in total. The minimum atomic E-state index is -4.27. The lowest BCUT2D eigenvalue weighted by Gasteiger charge is -2.27. The zero-order valence-electron chi connectivity index (χ0n) is 15.3. The lowest BCUT2D eigenvalue weighted by molar-refractivity contribution is -0.223. The van der Waals surface area contributed by atoms with Crippen LogP contribution in [0.4, 0.5) is 17.6 Å². The number of rotatable bonds is 6. The van der Waals surface area contributed by atoms with Crippen molar-refractivity contribution in [3.8, 4) is 0 Å². The fourth-order valence-electron chi connectivity index (χ4n) is 3.68. The van der Waals surface area contributed by atoms with Gasteiger partial charge in [0.25, 0.3) is 0 Å². The highest BCUT2D eigenvalue weighted by molar-refractivity contribution is 7.98. The van der Waals surface area contributed by atoms with Crippen LogP contribution in [-0.4, -0.2) is 19.5 Å². The van der Waals surface area contributed by atoms with E-state index in [1.54, 1.807) is 18.2 Å². The molecule has 0 spiro atoms. The molecule has 1 aliphatic carbocycles. The van der Waals surface area contributed by atoms with Crippen molar-refractivity contribution >= 4 is 11.8 Å². The molecule has 0 aromatic heterocycles. The average Bonchev–Trinajstić information content (AvgIpc) is 2.71. The van der Waals surface area contributed by atoms with Gasteiger partial charge in [-0.25, -0.2) is 0 Å². The molecular formula is C21H22F4OS. The normalized spacial score (nSPS) is 19.9. The van der Waals surface area contributed by atoms with Crippen molar-refractivity contribution in [3.63, 3.8) is 0 Å². The molecule has 0 N–H and O–H groups in total. The monoisotopic (exact) mass is 398 g/mol. The summed E-state index contributed by atoms with van der Waals surface area (Å²) in [5.41, 5.74) is -0.607. The lowest BCUT2D eigenvalue weighted by Crippen LogP contribution is -2.35. The van der Waals surface area contributed by atoms with Gasteiger partial charge in [0.2, 0.25) is 0 Å². The quantitative estimate of drug-likeness (QED) is 0.310. The van der Waals surface area contributed by atoms with E-state index in [1.165, 1.54) is 23.9 Å². The van der Waals surface area contributed by atoms with Crippen LogP contribution in [0, 0.1) is 0 Å². The van der Waals surface area contributed by atoms with Gasteiger partial charge in [0.1, 0.15) is 0 Å². The Hall–Kier alpha value is -1.53. The van der Waals surface area contributed by atoms with Gasteiger partial charge in [0.15, 0.2) is 0 Å². The van der Waals surface area contributed by atoms with E-state index in [1.807, 2.05) is 13.2 Å². The topological polar surface area (TPSA) is 9.23 Å². The van der Waals surface area contributed by atoms with Crippen LogP contribution in [0.2, 0.25) is 0 Å². The summed E-state index contributed by atoms with van der Waals surface area (Å²) in [4.78, 5) is 0.780. The third-order valence-electron chi connectivity index (χ3n) is 5.03. The Bertz CT molecular complexity index is 807. The Labute approximate surface area is 161 Å². The lowest BCUT2D eigenvalue weighted by atomic mass is 9.84. The molecule has 6 heteroatoms. The summed E-state index contributed by atoms with van der Waals surface area (Å²) in [7, 11) is 0. The van der Waals surface area contributed by atoms with E-state index >= 15 is 0 Å². The summed E-state index contributed by atoms with van der Waals surface area (Å²) < 4.78 is 65.2. The summed E-state index contributed by atoms with van der Waals surface area (Å²) in [5.74, 6) is -9.07. The van der Waals surface area contributed by atoms with Crippen LogP contribution in [0.5, 0.6) is 0 Å². The number of benzene rings is 2.